The zero-order valence-corrected chi connectivity index (χ0v) is 10.1. The van der Waals surface area contributed by atoms with Gasteiger partial charge in [-0.15, -0.1) is 0 Å². The normalized spacial score (nSPS) is 16.0. The van der Waals surface area contributed by atoms with Gasteiger partial charge in [-0.25, -0.2) is 4.68 Å². The summed E-state index contributed by atoms with van der Waals surface area (Å²) in [5.41, 5.74) is 0.372. The number of nitrogens with one attached hydrogen (secondary N) is 1. The van der Waals surface area contributed by atoms with Gasteiger partial charge < -0.3 is 10.1 Å². The van der Waals surface area contributed by atoms with E-state index in [0.29, 0.717) is 5.69 Å². The fourth-order valence-electron chi connectivity index (χ4n) is 1.69. The number of nitro groups is 1. The maximum absolute atomic E-state index is 11.0. The summed E-state index contributed by atoms with van der Waals surface area (Å²) in [6.45, 7) is 6.91. The first-order valence-corrected chi connectivity index (χ1v) is 5.61. The third-order valence-corrected chi connectivity index (χ3v) is 2.71. The highest BCUT2D eigenvalue weighted by atomic mass is 16.6. The van der Waals surface area contributed by atoms with Crippen LogP contribution in [0.5, 0.6) is 5.88 Å². The first kappa shape index (κ1) is 11.8. The average molecular weight is 240 g/mol. The van der Waals surface area contributed by atoms with Crippen LogP contribution in [0.1, 0.15) is 25.6 Å². The third-order valence-electron chi connectivity index (χ3n) is 2.71. The highest BCUT2D eigenvalue weighted by Gasteiger charge is 2.31. The third kappa shape index (κ3) is 2.10. The predicted octanol–water partition coefficient (Wildman–Crippen LogP) is 1.03. The molecule has 0 radical (unpaired) electrons. The lowest BCUT2D eigenvalue weighted by molar-refractivity contribution is -0.386. The minimum absolute atomic E-state index is 0.00213. The monoisotopic (exact) mass is 240 g/mol. The van der Waals surface area contributed by atoms with Gasteiger partial charge in [-0.2, -0.15) is 5.10 Å². The molecule has 1 aromatic rings. The van der Waals surface area contributed by atoms with E-state index in [-0.39, 0.29) is 23.7 Å². The summed E-state index contributed by atoms with van der Waals surface area (Å²) in [6, 6.07) is 0.0328. The summed E-state index contributed by atoms with van der Waals surface area (Å²) < 4.78 is 7.23. The van der Waals surface area contributed by atoms with Gasteiger partial charge in [0.25, 0.3) is 5.88 Å². The molecule has 1 fully saturated rings. The van der Waals surface area contributed by atoms with Crippen LogP contribution in [-0.2, 0) is 0 Å². The van der Waals surface area contributed by atoms with Gasteiger partial charge >= 0.3 is 5.69 Å². The minimum Gasteiger partial charge on any atom is -0.467 e. The van der Waals surface area contributed by atoms with Crippen LogP contribution in [0.15, 0.2) is 0 Å². The maximum atomic E-state index is 11.0. The largest absolute Gasteiger partial charge is 0.467 e. The second-order valence-corrected chi connectivity index (χ2v) is 4.43. The quantitative estimate of drug-likeness (QED) is 0.628. The molecule has 17 heavy (non-hydrogen) atoms. The predicted molar refractivity (Wildman–Crippen MR) is 61.3 cm³/mol. The minimum atomic E-state index is -0.428. The second kappa shape index (κ2) is 4.33. The molecule has 0 spiro atoms. The lowest BCUT2D eigenvalue weighted by Crippen LogP contribution is -2.50. The fourth-order valence-corrected chi connectivity index (χ4v) is 1.69. The maximum Gasteiger partial charge on any atom is 0.353 e. The van der Waals surface area contributed by atoms with E-state index in [1.165, 1.54) is 0 Å². The lowest BCUT2D eigenvalue weighted by Gasteiger charge is -2.27. The molecule has 2 rings (SSSR count). The van der Waals surface area contributed by atoms with Gasteiger partial charge in [-0.3, -0.25) is 10.1 Å². The van der Waals surface area contributed by atoms with E-state index in [2.05, 4.69) is 10.4 Å². The van der Waals surface area contributed by atoms with Crippen molar-refractivity contribution in [3.8, 4) is 5.88 Å². The van der Waals surface area contributed by atoms with Gasteiger partial charge in [-0.05, 0) is 20.8 Å². The SMILES string of the molecule is Cc1nn(C(C)C)c(OC2CNC2)c1[N+](=O)[O-]. The Morgan fingerprint density at radius 2 is 2.24 bits per heavy atom. The molecule has 0 atom stereocenters. The van der Waals surface area contributed by atoms with Gasteiger partial charge in [0.05, 0.1) is 11.0 Å². The molecule has 0 aliphatic carbocycles. The Balaban J connectivity index is 2.38. The van der Waals surface area contributed by atoms with Crippen LogP contribution in [0.3, 0.4) is 0 Å². The topological polar surface area (TPSA) is 82.2 Å². The molecule has 0 aromatic carbocycles. The van der Waals surface area contributed by atoms with Crippen molar-refractivity contribution in [2.75, 3.05) is 13.1 Å². The summed E-state index contributed by atoms with van der Waals surface area (Å²) in [7, 11) is 0. The van der Waals surface area contributed by atoms with Crippen LogP contribution < -0.4 is 10.1 Å². The zero-order chi connectivity index (χ0) is 12.6. The molecule has 1 aliphatic heterocycles. The van der Waals surface area contributed by atoms with Crippen molar-refractivity contribution in [3.63, 3.8) is 0 Å². The number of aromatic nitrogens is 2. The van der Waals surface area contributed by atoms with Crippen molar-refractivity contribution in [1.29, 1.82) is 0 Å². The summed E-state index contributed by atoms with van der Waals surface area (Å²) in [4.78, 5) is 10.6. The van der Waals surface area contributed by atoms with Crippen LogP contribution in [0.25, 0.3) is 0 Å². The van der Waals surface area contributed by atoms with Crippen LogP contribution in [0.4, 0.5) is 5.69 Å². The fraction of sp³-hybridized carbons (Fsp3) is 0.700. The highest BCUT2D eigenvalue weighted by Crippen LogP contribution is 2.33. The number of rotatable bonds is 4. The molecule has 1 aromatic heterocycles. The molecule has 2 heterocycles. The number of nitrogens with zero attached hydrogens (tertiary/aromatic N) is 3. The van der Waals surface area contributed by atoms with Gasteiger partial charge in [0.1, 0.15) is 11.8 Å². The van der Waals surface area contributed by atoms with E-state index < -0.39 is 4.92 Å². The standard InChI is InChI=1S/C10H16N4O3/c1-6(2)13-10(17-8-4-11-5-8)9(14(15)16)7(3)12-13/h6,8,11H,4-5H2,1-3H3. The Bertz CT molecular complexity index is 437. The Morgan fingerprint density at radius 1 is 1.59 bits per heavy atom. The molecule has 0 saturated carbocycles. The van der Waals surface area contributed by atoms with Crippen LogP contribution in [0, 0.1) is 17.0 Å². The molecule has 0 amide bonds. The van der Waals surface area contributed by atoms with Crippen LogP contribution >= 0.6 is 0 Å². The number of ether oxygens (including phenoxy) is 1. The van der Waals surface area contributed by atoms with E-state index >= 15 is 0 Å². The van der Waals surface area contributed by atoms with Crippen LogP contribution in [-0.4, -0.2) is 33.9 Å². The Hall–Kier alpha value is -1.63. The van der Waals surface area contributed by atoms with Gasteiger partial charge in [-0.1, -0.05) is 0 Å². The first-order valence-electron chi connectivity index (χ1n) is 5.61. The molecular weight excluding hydrogens is 224 g/mol. The molecule has 94 valence electrons. The molecule has 0 bridgehead atoms. The van der Waals surface area contributed by atoms with Gasteiger partial charge in [0.15, 0.2) is 0 Å². The molecule has 0 unspecified atom stereocenters. The number of hydrogen-bond donors (Lipinski definition) is 1. The molecule has 1 N–H and O–H groups in total. The molecule has 7 nitrogen and oxygen atoms in total. The first-order chi connectivity index (χ1) is 8.00. The molecule has 7 heteroatoms. The highest BCUT2D eigenvalue weighted by molar-refractivity contribution is 5.46. The van der Waals surface area contributed by atoms with Gasteiger partial charge in [0, 0.05) is 13.1 Å². The Kier molecular flexibility index (Phi) is 3.01. The zero-order valence-electron chi connectivity index (χ0n) is 10.1. The molecular formula is C10H16N4O3. The van der Waals surface area contributed by atoms with E-state index in [9.17, 15) is 10.1 Å². The second-order valence-electron chi connectivity index (χ2n) is 4.43. The van der Waals surface area contributed by atoms with E-state index in [1.54, 1.807) is 11.6 Å². The Labute approximate surface area is 98.9 Å². The van der Waals surface area contributed by atoms with Crippen molar-refractivity contribution in [1.82, 2.24) is 15.1 Å². The smallest absolute Gasteiger partial charge is 0.353 e. The van der Waals surface area contributed by atoms with Crippen molar-refractivity contribution < 1.29 is 9.66 Å². The van der Waals surface area contributed by atoms with Crippen molar-refractivity contribution in [3.05, 3.63) is 15.8 Å². The van der Waals surface area contributed by atoms with E-state index in [0.717, 1.165) is 13.1 Å². The number of aryl methyl sites for hydroxylation is 1. The van der Waals surface area contributed by atoms with Crippen molar-refractivity contribution in [2.45, 2.75) is 32.9 Å². The Morgan fingerprint density at radius 3 is 2.65 bits per heavy atom. The van der Waals surface area contributed by atoms with Gasteiger partial charge in [0.2, 0.25) is 0 Å². The molecule has 1 aliphatic rings. The van der Waals surface area contributed by atoms with E-state index in [4.69, 9.17) is 4.74 Å². The summed E-state index contributed by atoms with van der Waals surface area (Å²) in [5.74, 6) is 0.272. The van der Waals surface area contributed by atoms with Crippen molar-refractivity contribution in [2.24, 2.45) is 0 Å². The number of hydrogen-bond acceptors (Lipinski definition) is 5. The van der Waals surface area contributed by atoms with E-state index in [1.807, 2.05) is 13.8 Å². The van der Waals surface area contributed by atoms with Crippen LogP contribution in [0.2, 0.25) is 0 Å². The molecule has 1 saturated heterocycles. The summed E-state index contributed by atoms with van der Waals surface area (Å²) in [5, 5.41) is 18.3. The average Bonchev–Trinajstić information content (AvgIpc) is 2.49. The lowest BCUT2D eigenvalue weighted by atomic mass is 10.2. The summed E-state index contributed by atoms with van der Waals surface area (Å²) in [6.07, 6.45) is 0.00213. The summed E-state index contributed by atoms with van der Waals surface area (Å²) >= 11 is 0. The van der Waals surface area contributed by atoms with Crippen molar-refractivity contribution >= 4 is 5.69 Å².